The summed E-state index contributed by atoms with van der Waals surface area (Å²) in [5.74, 6) is 0.754. The van der Waals surface area contributed by atoms with Crippen molar-refractivity contribution in [3.8, 4) is 0 Å². The van der Waals surface area contributed by atoms with E-state index in [4.69, 9.17) is 0 Å². The van der Waals surface area contributed by atoms with Gasteiger partial charge < -0.3 is 9.80 Å². The molecule has 1 atom stereocenters. The van der Waals surface area contributed by atoms with Crippen LogP contribution >= 0.6 is 11.3 Å². The van der Waals surface area contributed by atoms with Crippen molar-refractivity contribution in [3.63, 3.8) is 0 Å². The molecule has 1 aromatic heterocycles. The van der Waals surface area contributed by atoms with Gasteiger partial charge in [0.05, 0.1) is 10.8 Å². The fourth-order valence-electron chi connectivity index (χ4n) is 4.73. The monoisotopic (exact) mass is 375 g/mol. The van der Waals surface area contributed by atoms with E-state index >= 15 is 0 Å². The van der Waals surface area contributed by atoms with E-state index in [-0.39, 0.29) is 11.8 Å². The molecule has 0 saturated carbocycles. The van der Waals surface area contributed by atoms with Crippen molar-refractivity contribution in [2.75, 3.05) is 39.3 Å². The van der Waals surface area contributed by atoms with Gasteiger partial charge in [0.15, 0.2) is 0 Å². The standard InChI is InChI=1S/C20H29N3O2S/c24-19(21-9-1-2-10-21)16-5-3-11-23(15-16)17-7-12-22(13-8-17)20(25)18-6-4-14-26-18/h4,6,14,16-17H,1-3,5,7-13,15H2/t16-/m1/s1. The van der Waals surface area contributed by atoms with Gasteiger partial charge in [-0.1, -0.05) is 6.07 Å². The summed E-state index contributed by atoms with van der Waals surface area (Å²) in [5.41, 5.74) is 0. The summed E-state index contributed by atoms with van der Waals surface area (Å²) in [6.07, 6.45) is 6.56. The molecule has 6 heteroatoms. The van der Waals surface area contributed by atoms with Crippen molar-refractivity contribution < 1.29 is 9.59 Å². The Balaban J connectivity index is 1.30. The highest BCUT2D eigenvalue weighted by atomic mass is 32.1. The van der Waals surface area contributed by atoms with E-state index in [0.29, 0.717) is 11.9 Å². The molecule has 4 rings (SSSR count). The Morgan fingerprint density at radius 2 is 1.69 bits per heavy atom. The Morgan fingerprint density at radius 1 is 0.923 bits per heavy atom. The van der Waals surface area contributed by atoms with Gasteiger partial charge in [-0.25, -0.2) is 0 Å². The molecule has 2 amide bonds. The average molecular weight is 376 g/mol. The molecule has 142 valence electrons. The van der Waals surface area contributed by atoms with Gasteiger partial charge in [0.25, 0.3) is 5.91 Å². The molecular weight excluding hydrogens is 346 g/mol. The molecule has 0 spiro atoms. The summed E-state index contributed by atoms with van der Waals surface area (Å²) in [7, 11) is 0. The maximum Gasteiger partial charge on any atom is 0.263 e. The van der Waals surface area contributed by atoms with Gasteiger partial charge in [-0.05, 0) is 56.5 Å². The highest BCUT2D eigenvalue weighted by molar-refractivity contribution is 7.12. The van der Waals surface area contributed by atoms with Crippen molar-refractivity contribution >= 4 is 23.2 Å². The van der Waals surface area contributed by atoms with Crippen LogP contribution in [0.3, 0.4) is 0 Å². The first kappa shape index (κ1) is 18.0. The van der Waals surface area contributed by atoms with Crippen LogP contribution in [0.25, 0.3) is 0 Å². The number of hydrogen-bond donors (Lipinski definition) is 0. The highest BCUT2D eigenvalue weighted by Gasteiger charge is 2.34. The second kappa shape index (κ2) is 8.09. The predicted molar refractivity (Wildman–Crippen MR) is 103 cm³/mol. The first-order valence-corrected chi connectivity index (χ1v) is 11.0. The van der Waals surface area contributed by atoms with Gasteiger partial charge in [0.2, 0.25) is 5.91 Å². The minimum Gasteiger partial charge on any atom is -0.342 e. The maximum absolute atomic E-state index is 12.7. The second-order valence-corrected chi connectivity index (χ2v) is 8.81. The van der Waals surface area contributed by atoms with Crippen molar-refractivity contribution in [1.82, 2.24) is 14.7 Å². The lowest BCUT2D eigenvalue weighted by Gasteiger charge is -2.42. The van der Waals surface area contributed by atoms with Crippen molar-refractivity contribution in [3.05, 3.63) is 22.4 Å². The number of likely N-dealkylation sites (tertiary alicyclic amines) is 3. The largest absolute Gasteiger partial charge is 0.342 e. The summed E-state index contributed by atoms with van der Waals surface area (Å²) >= 11 is 1.53. The van der Waals surface area contributed by atoms with Crippen molar-refractivity contribution in [1.29, 1.82) is 0 Å². The lowest BCUT2D eigenvalue weighted by atomic mass is 9.93. The summed E-state index contributed by atoms with van der Waals surface area (Å²) < 4.78 is 0. The van der Waals surface area contributed by atoms with Crippen LogP contribution in [0.4, 0.5) is 0 Å². The number of carbonyl (C=O) groups is 2. The number of piperidine rings is 2. The minimum atomic E-state index is 0.180. The second-order valence-electron chi connectivity index (χ2n) is 7.87. The molecule has 26 heavy (non-hydrogen) atoms. The van der Waals surface area contributed by atoms with E-state index in [1.165, 1.54) is 24.2 Å². The molecule has 0 aliphatic carbocycles. The molecule has 3 saturated heterocycles. The van der Waals surface area contributed by atoms with Gasteiger partial charge in [-0.15, -0.1) is 11.3 Å². The molecule has 0 aromatic carbocycles. The number of carbonyl (C=O) groups excluding carboxylic acids is 2. The molecule has 0 radical (unpaired) electrons. The molecule has 4 heterocycles. The number of amides is 2. The van der Waals surface area contributed by atoms with Crippen LogP contribution in [0.1, 0.15) is 48.2 Å². The Labute approximate surface area is 159 Å². The smallest absolute Gasteiger partial charge is 0.263 e. The number of rotatable bonds is 3. The van der Waals surface area contributed by atoms with Crippen LogP contribution in [-0.4, -0.2) is 71.8 Å². The third-order valence-corrected chi connectivity index (χ3v) is 7.08. The maximum atomic E-state index is 12.7. The zero-order chi connectivity index (χ0) is 17.9. The predicted octanol–water partition coefficient (Wildman–Crippen LogP) is 2.69. The summed E-state index contributed by atoms with van der Waals surface area (Å²) in [6.45, 7) is 5.61. The molecule has 5 nitrogen and oxygen atoms in total. The van der Waals surface area contributed by atoms with E-state index in [1.54, 1.807) is 0 Å². The summed E-state index contributed by atoms with van der Waals surface area (Å²) in [4.78, 5) is 32.7. The molecule has 1 aromatic rings. The van der Waals surface area contributed by atoms with E-state index in [1.807, 2.05) is 22.4 Å². The van der Waals surface area contributed by atoms with Crippen LogP contribution in [0.5, 0.6) is 0 Å². The number of hydrogen-bond acceptors (Lipinski definition) is 4. The Hall–Kier alpha value is -1.40. The Morgan fingerprint density at radius 3 is 2.38 bits per heavy atom. The summed E-state index contributed by atoms with van der Waals surface area (Å²) in [5, 5.41) is 1.96. The van der Waals surface area contributed by atoms with E-state index in [9.17, 15) is 9.59 Å². The molecule has 3 aliphatic heterocycles. The topological polar surface area (TPSA) is 43.9 Å². The van der Waals surface area contributed by atoms with Crippen LogP contribution in [-0.2, 0) is 4.79 Å². The van der Waals surface area contributed by atoms with E-state index in [2.05, 4.69) is 9.80 Å². The first-order chi connectivity index (χ1) is 12.7. The van der Waals surface area contributed by atoms with Crippen molar-refractivity contribution in [2.24, 2.45) is 5.92 Å². The fraction of sp³-hybridized carbons (Fsp3) is 0.700. The lowest BCUT2D eigenvalue weighted by Crippen LogP contribution is -2.51. The lowest BCUT2D eigenvalue weighted by molar-refractivity contribution is -0.136. The van der Waals surface area contributed by atoms with Crippen LogP contribution < -0.4 is 0 Å². The third-order valence-electron chi connectivity index (χ3n) is 6.22. The molecule has 3 fully saturated rings. The number of nitrogens with zero attached hydrogens (tertiary/aromatic N) is 3. The van der Waals surface area contributed by atoms with Crippen molar-refractivity contribution in [2.45, 2.75) is 44.6 Å². The molecule has 0 unspecified atom stereocenters. The quantitative estimate of drug-likeness (QED) is 0.816. The van der Waals surface area contributed by atoms with Gasteiger partial charge in [0, 0.05) is 38.8 Å². The normalized spacial score (nSPS) is 25.6. The van der Waals surface area contributed by atoms with Gasteiger partial charge in [-0.2, -0.15) is 0 Å². The molecule has 3 aliphatic rings. The van der Waals surface area contributed by atoms with Crippen LogP contribution in [0, 0.1) is 5.92 Å². The highest BCUT2D eigenvalue weighted by Crippen LogP contribution is 2.27. The Bertz CT molecular complexity index is 619. The Kier molecular flexibility index (Phi) is 5.60. The molecule has 0 bridgehead atoms. The molecular formula is C20H29N3O2S. The van der Waals surface area contributed by atoms with Crippen LogP contribution in [0.2, 0.25) is 0 Å². The fourth-order valence-corrected chi connectivity index (χ4v) is 5.42. The zero-order valence-corrected chi connectivity index (χ0v) is 16.3. The summed E-state index contributed by atoms with van der Waals surface area (Å²) in [6, 6.07) is 4.38. The van der Waals surface area contributed by atoms with E-state index in [0.717, 1.165) is 69.8 Å². The number of thiophene rings is 1. The zero-order valence-electron chi connectivity index (χ0n) is 15.4. The average Bonchev–Trinajstić information content (AvgIpc) is 3.41. The van der Waals surface area contributed by atoms with Gasteiger partial charge in [0.1, 0.15) is 0 Å². The first-order valence-electron chi connectivity index (χ1n) is 10.1. The van der Waals surface area contributed by atoms with E-state index < -0.39 is 0 Å². The SMILES string of the molecule is O=C(c1cccs1)N1CCC(N2CCC[C@@H](C(=O)N3CCCC3)C2)CC1. The third kappa shape index (κ3) is 3.81. The minimum absolute atomic E-state index is 0.180. The molecule has 0 N–H and O–H groups in total. The van der Waals surface area contributed by atoms with Gasteiger partial charge in [-0.3, -0.25) is 14.5 Å². The van der Waals surface area contributed by atoms with Gasteiger partial charge >= 0.3 is 0 Å². The van der Waals surface area contributed by atoms with Crippen LogP contribution in [0.15, 0.2) is 17.5 Å².